The summed E-state index contributed by atoms with van der Waals surface area (Å²) in [6, 6.07) is 16.0. The molecule has 0 bridgehead atoms. The van der Waals surface area contributed by atoms with Gasteiger partial charge in [0.25, 0.3) is 17.4 Å². The van der Waals surface area contributed by atoms with Crippen molar-refractivity contribution in [3.05, 3.63) is 100 Å². The summed E-state index contributed by atoms with van der Waals surface area (Å²) < 4.78 is 1.48. The Hall–Kier alpha value is -4.39. The van der Waals surface area contributed by atoms with Gasteiger partial charge in [-0.05, 0) is 48.4 Å². The molecule has 0 N–H and O–H groups in total. The number of pyridine rings is 1. The second-order valence-corrected chi connectivity index (χ2v) is 7.68. The highest BCUT2D eigenvalue weighted by Crippen LogP contribution is 2.32. The number of amides is 2. The van der Waals surface area contributed by atoms with Crippen LogP contribution in [-0.4, -0.2) is 37.8 Å². The van der Waals surface area contributed by atoms with Crippen LogP contribution in [0.5, 0.6) is 0 Å². The molecule has 5 rings (SSSR count). The van der Waals surface area contributed by atoms with Crippen LogP contribution in [0.2, 0.25) is 0 Å². The molecular formula is C26H20N4O3. The van der Waals surface area contributed by atoms with Crippen molar-refractivity contribution in [3.63, 3.8) is 0 Å². The quantitative estimate of drug-likeness (QED) is 0.445. The Morgan fingerprint density at radius 3 is 2.42 bits per heavy atom. The summed E-state index contributed by atoms with van der Waals surface area (Å²) >= 11 is 0. The molecule has 0 saturated carbocycles. The lowest BCUT2D eigenvalue weighted by molar-refractivity contribution is 0.0655. The molecule has 162 valence electrons. The molecule has 7 nitrogen and oxygen atoms in total. The largest absolute Gasteiger partial charge is 0.274 e. The van der Waals surface area contributed by atoms with Gasteiger partial charge in [0, 0.05) is 31.6 Å². The minimum Gasteiger partial charge on any atom is -0.274 e. The fraction of sp³-hybridized carbons (Fsp3) is 0.115. The number of nitrogens with zero attached hydrogens (tertiary/aromatic N) is 4. The van der Waals surface area contributed by atoms with Crippen molar-refractivity contribution in [3.8, 4) is 11.1 Å². The first-order chi connectivity index (χ1) is 16.1. The number of para-hydroxylation sites is 1. The first kappa shape index (κ1) is 20.5. The van der Waals surface area contributed by atoms with E-state index < -0.39 is 0 Å². The Morgan fingerprint density at radius 2 is 1.64 bits per heavy atom. The van der Waals surface area contributed by atoms with Crippen molar-refractivity contribution < 1.29 is 9.59 Å². The fourth-order valence-electron chi connectivity index (χ4n) is 4.19. The van der Waals surface area contributed by atoms with Gasteiger partial charge in [-0.15, -0.1) is 0 Å². The van der Waals surface area contributed by atoms with Gasteiger partial charge in [0.1, 0.15) is 5.82 Å². The fourth-order valence-corrected chi connectivity index (χ4v) is 4.19. The van der Waals surface area contributed by atoms with E-state index in [0.29, 0.717) is 33.4 Å². The predicted octanol–water partition coefficient (Wildman–Crippen LogP) is 3.79. The molecule has 0 fully saturated rings. The monoisotopic (exact) mass is 436 g/mol. The predicted molar refractivity (Wildman–Crippen MR) is 126 cm³/mol. The summed E-state index contributed by atoms with van der Waals surface area (Å²) in [5, 5.41) is 0.516. The number of allylic oxidation sites excluding steroid dienone is 1. The van der Waals surface area contributed by atoms with E-state index in [1.807, 2.05) is 31.2 Å². The van der Waals surface area contributed by atoms with Crippen LogP contribution >= 0.6 is 0 Å². The molecule has 1 aliphatic rings. The molecule has 0 radical (unpaired) electrons. The smallest absolute Gasteiger partial charge is 0.265 e. The van der Waals surface area contributed by atoms with Gasteiger partial charge in [0.05, 0.1) is 22.0 Å². The molecular weight excluding hydrogens is 416 g/mol. The summed E-state index contributed by atoms with van der Waals surface area (Å²) in [6.45, 7) is 1.93. The van der Waals surface area contributed by atoms with E-state index in [4.69, 9.17) is 0 Å². The van der Waals surface area contributed by atoms with Crippen LogP contribution in [0.3, 0.4) is 0 Å². The summed E-state index contributed by atoms with van der Waals surface area (Å²) in [5.74, 6) is -0.197. The van der Waals surface area contributed by atoms with Crippen molar-refractivity contribution in [1.82, 2.24) is 19.4 Å². The zero-order valence-electron chi connectivity index (χ0n) is 17.9. The molecule has 0 saturated heterocycles. The standard InChI is InChI=1S/C26H20N4O3/c1-2-15-29-22(28-21-9-4-3-6-19(21)24(29)31)12-16-30-25(32)20-8-5-7-18(23(20)26(30)33)17-10-13-27-14-11-17/h2-11,13-15H,12,16H2,1H3/b15-2+. The number of aromatic nitrogens is 3. The molecule has 2 amide bonds. The molecule has 33 heavy (non-hydrogen) atoms. The van der Waals surface area contributed by atoms with Gasteiger partial charge < -0.3 is 0 Å². The average Bonchev–Trinajstić information content (AvgIpc) is 3.10. The van der Waals surface area contributed by atoms with E-state index in [9.17, 15) is 14.4 Å². The number of fused-ring (bicyclic) bond motifs is 2. The highest BCUT2D eigenvalue weighted by atomic mass is 16.2. The Labute approximate surface area is 189 Å². The molecule has 0 atom stereocenters. The lowest BCUT2D eigenvalue weighted by Crippen LogP contribution is -2.33. The summed E-state index contributed by atoms with van der Waals surface area (Å²) in [6.07, 6.45) is 6.96. The van der Waals surface area contributed by atoms with Crippen LogP contribution in [0.25, 0.3) is 28.2 Å². The van der Waals surface area contributed by atoms with Crippen molar-refractivity contribution in [2.24, 2.45) is 0 Å². The van der Waals surface area contributed by atoms with Gasteiger partial charge in [-0.25, -0.2) is 4.98 Å². The lowest BCUT2D eigenvalue weighted by atomic mass is 9.97. The second-order valence-electron chi connectivity index (χ2n) is 7.68. The highest BCUT2D eigenvalue weighted by Gasteiger charge is 2.37. The Bertz CT molecular complexity index is 1490. The number of benzene rings is 2. The van der Waals surface area contributed by atoms with E-state index in [2.05, 4.69) is 9.97 Å². The van der Waals surface area contributed by atoms with E-state index in [1.54, 1.807) is 55.0 Å². The lowest BCUT2D eigenvalue weighted by Gasteiger charge is -2.15. The highest BCUT2D eigenvalue weighted by molar-refractivity contribution is 6.24. The van der Waals surface area contributed by atoms with Gasteiger partial charge in [0.2, 0.25) is 0 Å². The third kappa shape index (κ3) is 3.43. The molecule has 0 aliphatic carbocycles. The van der Waals surface area contributed by atoms with E-state index >= 15 is 0 Å². The third-order valence-corrected chi connectivity index (χ3v) is 5.73. The molecule has 3 heterocycles. The molecule has 4 aromatic rings. The van der Waals surface area contributed by atoms with Gasteiger partial charge in [-0.3, -0.25) is 28.8 Å². The van der Waals surface area contributed by atoms with Crippen LogP contribution in [0.15, 0.2) is 77.9 Å². The maximum absolute atomic E-state index is 13.3. The third-order valence-electron chi connectivity index (χ3n) is 5.73. The van der Waals surface area contributed by atoms with Gasteiger partial charge in [-0.2, -0.15) is 0 Å². The molecule has 2 aromatic carbocycles. The van der Waals surface area contributed by atoms with E-state index in [-0.39, 0.29) is 30.3 Å². The topological polar surface area (TPSA) is 85.2 Å². The molecule has 0 unspecified atom stereocenters. The summed E-state index contributed by atoms with van der Waals surface area (Å²) in [7, 11) is 0. The van der Waals surface area contributed by atoms with Crippen LogP contribution in [0.4, 0.5) is 0 Å². The van der Waals surface area contributed by atoms with Crippen molar-refractivity contribution in [1.29, 1.82) is 0 Å². The number of imide groups is 1. The SMILES string of the molecule is C/C=C/n1c(CCN2C(=O)c3cccc(-c4ccncc4)c3C2=O)nc2ccccc2c1=O. The maximum atomic E-state index is 13.3. The molecule has 0 spiro atoms. The van der Waals surface area contributed by atoms with E-state index in [0.717, 1.165) is 5.56 Å². The van der Waals surface area contributed by atoms with Crippen LogP contribution in [0.1, 0.15) is 33.5 Å². The van der Waals surface area contributed by atoms with Crippen molar-refractivity contribution >= 4 is 28.9 Å². The van der Waals surface area contributed by atoms with Crippen molar-refractivity contribution in [2.45, 2.75) is 13.3 Å². The number of carbonyl (C=O) groups is 2. The van der Waals surface area contributed by atoms with E-state index in [1.165, 1.54) is 9.47 Å². The number of hydrogen-bond donors (Lipinski definition) is 0. The number of rotatable bonds is 5. The molecule has 7 heteroatoms. The molecule has 2 aromatic heterocycles. The zero-order valence-corrected chi connectivity index (χ0v) is 17.9. The maximum Gasteiger partial charge on any atom is 0.265 e. The van der Waals surface area contributed by atoms with Crippen LogP contribution < -0.4 is 5.56 Å². The Balaban J connectivity index is 1.50. The van der Waals surface area contributed by atoms with Gasteiger partial charge in [0.15, 0.2) is 0 Å². The number of carbonyl (C=O) groups excluding carboxylic acids is 2. The average molecular weight is 436 g/mol. The van der Waals surface area contributed by atoms with Crippen LogP contribution in [-0.2, 0) is 6.42 Å². The second kappa shape index (κ2) is 8.27. The number of hydrogen-bond acceptors (Lipinski definition) is 5. The normalized spacial score (nSPS) is 13.3. The Morgan fingerprint density at radius 1 is 0.879 bits per heavy atom. The minimum atomic E-state index is -0.344. The van der Waals surface area contributed by atoms with Crippen molar-refractivity contribution in [2.75, 3.05) is 6.54 Å². The van der Waals surface area contributed by atoms with Gasteiger partial charge in [-0.1, -0.05) is 30.3 Å². The first-order valence-corrected chi connectivity index (χ1v) is 10.6. The van der Waals surface area contributed by atoms with Gasteiger partial charge >= 0.3 is 0 Å². The van der Waals surface area contributed by atoms with Crippen LogP contribution in [0, 0.1) is 0 Å². The first-order valence-electron chi connectivity index (χ1n) is 10.6. The minimum absolute atomic E-state index is 0.116. The summed E-state index contributed by atoms with van der Waals surface area (Å²) in [4.78, 5) is 49.2. The zero-order chi connectivity index (χ0) is 22.9. The molecule has 1 aliphatic heterocycles. The Kier molecular flexibility index (Phi) is 5.14. The summed E-state index contributed by atoms with van der Waals surface area (Å²) in [5.41, 5.74) is 2.70.